The molecule has 4 N–H and O–H groups in total. The highest BCUT2D eigenvalue weighted by atomic mass is 32.2. The highest BCUT2D eigenvalue weighted by Crippen LogP contribution is 2.20. The van der Waals surface area contributed by atoms with Gasteiger partial charge in [-0.3, -0.25) is 5.84 Å². The second-order valence-corrected chi connectivity index (χ2v) is 6.53. The Bertz CT molecular complexity index is 667. The van der Waals surface area contributed by atoms with Crippen molar-refractivity contribution in [2.24, 2.45) is 5.84 Å². The zero-order valence-electron chi connectivity index (χ0n) is 10.3. The summed E-state index contributed by atoms with van der Waals surface area (Å²) in [6, 6.07) is 6.44. The van der Waals surface area contributed by atoms with Crippen LogP contribution in [0.15, 0.2) is 34.5 Å². The number of aromatic nitrogens is 1. The van der Waals surface area contributed by atoms with Gasteiger partial charge in [-0.25, -0.2) is 18.1 Å². The molecule has 0 aliphatic rings. The topological polar surface area (TPSA) is 97.1 Å². The van der Waals surface area contributed by atoms with Crippen molar-refractivity contribution in [1.82, 2.24) is 9.71 Å². The first-order valence-corrected chi connectivity index (χ1v) is 7.85. The number of nitrogens with one attached hydrogen (secondary N) is 2. The molecule has 6 nitrogen and oxygen atoms in total. The van der Waals surface area contributed by atoms with E-state index in [0.717, 1.165) is 10.7 Å². The Kier molecular flexibility index (Phi) is 4.15. The molecule has 2 aromatic rings. The number of nitrogen functional groups attached to an aromatic ring is 1. The maximum atomic E-state index is 12.2. The molecule has 1 aromatic carbocycles. The first-order valence-electron chi connectivity index (χ1n) is 5.49. The summed E-state index contributed by atoms with van der Waals surface area (Å²) in [5.74, 6) is 5.31. The van der Waals surface area contributed by atoms with Gasteiger partial charge in [0.25, 0.3) is 0 Å². The summed E-state index contributed by atoms with van der Waals surface area (Å²) in [6.45, 7) is 2.03. The Morgan fingerprint density at radius 1 is 1.37 bits per heavy atom. The zero-order valence-corrected chi connectivity index (χ0v) is 11.9. The molecule has 1 heterocycles. The molecule has 19 heavy (non-hydrogen) atoms. The highest BCUT2D eigenvalue weighted by molar-refractivity contribution is 7.89. The van der Waals surface area contributed by atoms with Crippen molar-refractivity contribution in [3.8, 4) is 0 Å². The quantitative estimate of drug-likeness (QED) is 0.569. The van der Waals surface area contributed by atoms with Crippen LogP contribution in [0.25, 0.3) is 0 Å². The normalized spacial score (nSPS) is 11.5. The van der Waals surface area contributed by atoms with E-state index in [1.807, 2.05) is 12.3 Å². The van der Waals surface area contributed by atoms with E-state index < -0.39 is 10.0 Å². The van der Waals surface area contributed by atoms with Crippen molar-refractivity contribution in [2.75, 3.05) is 5.43 Å². The Morgan fingerprint density at radius 2 is 2.11 bits per heavy atom. The van der Waals surface area contributed by atoms with Gasteiger partial charge < -0.3 is 5.43 Å². The van der Waals surface area contributed by atoms with Crippen LogP contribution in [-0.4, -0.2) is 13.4 Å². The van der Waals surface area contributed by atoms with Gasteiger partial charge in [-0.2, -0.15) is 0 Å². The monoisotopic (exact) mass is 298 g/mol. The van der Waals surface area contributed by atoms with Crippen LogP contribution in [0.5, 0.6) is 0 Å². The van der Waals surface area contributed by atoms with Gasteiger partial charge in [0.1, 0.15) is 9.90 Å². The van der Waals surface area contributed by atoms with Crippen LogP contribution in [0.2, 0.25) is 0 Å². The third kappa shape index (κ3) is 3.29. The minimum absolute atomic E-state index is 0.116. The van der Waals surface area contributed by atoms with Gasteiger partial charge in [0.15, 0.2) is 0 Å². The van der Waals surface area contributed by atoms with Gasteiger partial charge in [-0.1, -0.05) is 12.1 Å². The number of para-hydroxylation sites is 1. The Labute approximate surface area is 115 Å². The molecule has 0 aliphatic heterocycles. The maximum Gasteiger partial charge on any atom is 0.243 e. The zero-order chi connectivity index (χ0) is 13.9. The van der Waals surface area contributed by atoms with Crippen molar-refractivity contribution >= 4 is 27.0 Å². The molecule has 0 atom stereocenters. The van der Waals surface area contributed by atoms with E-state index in [2.05, 4.69) is 15.1 Å². The molecule has 102 valence electrons. The van der Waals surface area contributed by atoms with Crippen molar-refractivity contribution in [3.05, 3.63) is 40.3 Å². The third-order valence-electron chi connectivity index (χ3n) is 2.41. The van der Waals surface area contributed by atoms with E-state index in [1.54, 1.807) is 18.2 Å². The van der Waals surface area contributed by atoms with Gasteiger partial charge in [0, 0.05) is 11.1 Å². The standard InChI is InChI=1S/C11H14N4O2S2/c1-8-7-18-11(14-8)6-13-19(16,17)10-5-3-2-4-9(10)15-12/h2-5,7,13,15H,6,12H2,1H3. The van der Waals surface area contributed by atoms with Crippen molar-refractivity contribution in [1.29, 1.82) is 0 Å². The van der Waals surface area contributed by atoms with Crippen LogP contribution in [0.3, 0.4) is 0 Å². The van der Waals surface area contributed by atoms with E-state index in [4.69, 9.17) is 5.84 Å². The minimum atomic E-state index is -3.62. The highest BCUT2D eigenvalue weighted by Gasteiger charge is 2.17. The van der Waals surface area contributed by atoms with Crippen molar-refractivity contribution in [3.63, 3.8) is 0 Å². The average Bonchev–Trinajstić information content (AvgIpc) is 2.82. The molecule has 2 rings (SSSR count). The van der Waals surface area contributed by atoms with E-state index >= 15 is 0 Å². The lowest BCUT2D eigenvalue weighted by Crippen LogP contribution is -2.25. The van der Waals surface area contributed by atoms with Crippen LogP contribution in [-0.2, 0) is 16.6 Å². The second-order valence-electron chi connectivity index (χ2n) is 3.85. The van der Waals surface area contributed by atoms with Crippen LogP contribution in [0, 0.1) is 6.92 Å². The molecule has 0 saturated carbocycles. The van der Waals surface area contributed by atoms with Crippen LogP contribution < -0.4 is 16.0 Å². The summed E-state index contributed by atoms with van der Waals surface area (Å²) < 4.78 is 26.8. The SMILES string of the molecule is Cc1csc(CNS(=O)(=O)c2ccccc2NN)n1. The molecule has 0 radical (unpaired) electrons. The van der Waals surface area contributed by atoms with E-state index in [1.165, 1.54) is 17.4 Å². The van der Waals surface area contributed by atoms with Gasteiger partial charge in [-0.15, -0.1) is 11.3 Å². The fraction of sp³-hybridized carbons (Fsp3) is 0.182. The molecule has 1 aromatic heterocycles. The second kappa shape index (κ2) is 5.66. The third-order valence-corrected chi connectivity index (χ3v) is 4.84. The van der Waals surface area contributed by atoms with E-state index in [0.29, 0.717) is 5.69 Å². The Hall–Kier alpha value is -1.48. The largest absolute Gasteiger partial charge is 0.323 e. The molecule has 8 heteroatoms. The van der Waals surface area contributed by atoms with E-state index in [-0.39, 0.29) is 11.4 Å². The number of rotatable bonds is 5. The lowest BCUT2D eigenvalue weighted by atomic mass is 10.3. The number of hydrogen-bond acceptors (Lipinski definition) is 6. The van der Waals surface area contributed by atoms with E-state index in [9.17, 15) is 8.42 Å². The lowest BCUT2D eigenvalue weighted by molar-refractivity contribution is 0.581. The summed E-state index contributed by atoms with van der Waals surface area (Å²) in [5, 5.41) is 2.60. The molecular weight excluding hydrogens is 284 g/mol. The summed E-state index contributed by atoms with van der Waals surface area (Å²) in [4.78, 5) is 4.32. The number of anilines is 1. The van der Waals surface area contributed by atoms with Crippen LogP contribution in [0.1, 0.15) is 10.7 Å². The molecule has 0 bridgehead atoms. The number of benzene rings is 1. The predicted octanol–water partition coefficient (Wildman–Crippen LogP) is 1.22. The van der Waals surface area contributed by atoms with Crippen molar-refractivity contribution < 1.29 is 8.42 Å². The summed E-state index contributed by atoms with van der Waals surface area (Å²) >= 11 is 1.42. The van der Waals surface area contributed by atoms with Gasteiger partial charge in [0.05, 0.1) is 12.2 Å². The van der Waals surface area contributed by atoms with Gasteiger partial charge in [-0.05, 0) is 19.1 Å². The lowest BCUT2D eigenvalue weighted by Gasteiger charge is -2.09. The number of nitrogens with two attached hydrogens (primary N) is 1. The maximum absolute atomic E-state index is 12.2. The first kappa shape index (κ1) is 13.9. The molecule has 0 aliphatic carbocycles. The number of sulfonamides is 1. The molecule has 0 unspecified atom stereocenters. The molecule has 0 saturated heterocycles. The minimum Gasteiger partial charge on any atom is -0.323 e. The number of nitrogens with zero attached hydrogens (tertiary/aromatic N) is 1. The van der Waals surface area contributed by atoms with Crippen LogP contribution in [0.4, 0.5) is 5.69 Å². The Morgan fingerprint density at radius 3 is 2.74 bits per heavy atom. The molecular formula is C11H14N4O2S2. The average molecular weight is 298 g/mol. The van der Waals surface area contributed by atoms with Crippen molar-refractivity contribution in [2.45, 2.75) is 18.4 Å². The van der Waals surface area contributed by atoms with Crippen LogP contribution >= 0.6 is 11.3 Å². The Balaban J connectivity index is 2.18. The molecule has 0 amide bonds. The summed E-state index contributed by atoms with van der Waals surface area (Å²) in [6.07, 6.45) is 0. The van der Waals surface area contributed by atoms with Gasteiger partial charge >= 0.3 is 0 Å². The molecule has 0 spiro atoms. The summed E-state index contributed by atoms with van der Waals surface area (Å²) in [5.41, 5.74) is 3.60. The number of hydrazine groups is 1. The van der Waals surface area contributed by atoms with Gasteiger partial charge in [0.2, 0.25) is 10.0 Å². The first-order chi connectivity index (χ1) is 9.03. The number of thiazole rings is 1. The predicted molar refractivity (Wildman–Crippen MR) is 75.1 cm³/mol. The fourth-order valence-corrected chi connectivity index (χ4v) is 3.50. The number of hydrogen-bond donors (Lipinski definition) is 3. The smallest absolute Gasteiger partial charge is 0.243 e. The summed E-state index contributed by atoms with van der Waals surface area (Å²) in [7, 11) is -3.62. The number of aryl methyl sites for hydroxylation is 1. The molecule has 0 fully saturated rings. The fourth-order valence-electron chi connectivity index (χ4n) is 1.54.